The number of hydrogen-bond acceptors (Lipinski definition) is 10. The van der Waals surface area contributed by atoms with Crippen LogP contribution in [0.3, 0.4) is 0 Å². The summed E-state index contributed by atoms with van der Waals surface area (Å²) in [6, 6.07) is 14.2. The first kappa shape index (κ1) is 36.9. The minimum Gasteiger partial charge on any atom is -0.393 e. The van der Waals surface area contributed by atoms with Crippen LogP contribution in [0.15, 0.2) is 65.7 Å². The molecule has 5 heterocycles. The largest absolute Gasteiger partial charge is 0.393 e. The molecule has 14 heteroatoms. The minimum atomic E-state index is -0.439. The Labute approximate surface area is 303 Å². The highest BCUT2D eigenvalue weighted by Gasteiger charge is 2.25. The number of nitrogens with one attached hydrogen (secondary N) is 4. The van der Waals surface area contributed by atoms with Crippen molar-refractivity contribution in [2.24, 2.45) is 0 Å². The third-order valence-corrected chi connectivity index (χ3v) is 9.82. The third kappa shape index (κ3) is 9.31. The molecule has 6 rings (SSSR count). The average molecular weight is 712 g/mol. The number of aromatic nitrogens is 3. The molecule has 1 aromatic carbocycles. The van der Waals surface area contributed by atoms with E-state index >= 15 is 0 Å². The van der Waals surface area contributed by atoms with Crippen molar-refractivity contribution in [2.45, 2.75) is 57.9 Å². The standard InChI is InChI=1S/C38H49N9O5/c1-2-47-35-31(9-10-32(44-35)27-5-7-28(8-6-27)43-38(52)42-25-26-4-3-15-39-24-26)34(50)33(36(47)40-16-22-45-18-11-29(48)12-19-45)37(51)41-17-23-46-20-13-30(49)14-21-46/h3-10,15,24,29-30,40,48-49H,2,11-14,16-23,25H2,1H3,(H,41,51)(H2,42,43,52). The normalized spacial score (nSPS) is 16.1. The second-order valence-corrected chi connectivity index (χ2v) is 13.4. The lowest BCUT2D eigenvalue weighted by Crippen LogP contribution is -2.42. The lowest BCUT2D eigenvalue weighted by Gasteiger charge is -2.30. The molecule has 14 nitrogen and oxygen atoms in total. The summed E-state index contributed by atoms with van der Waals surface area (Å²) in [6.45, 7) is 8.09. The van der Waals surface area contributed by atoms with E-state index in [9.17, 15) is 24.6 Å². The number of benzene rings is 1. The van der Waals surface area contributed by atoms with Gasteiger partial charge in [0.25, 0.3) is 5.91 Å². The first-order chi connectivity index (χ1) is 25.3. The van der Waals surface area contributed by atoms with Crippen molar-refractivity contribution in [3.8, 4) is 11.3 Å². The zero-order valence-corrected chi connectivity index (χ0v) is 29.7. The van der Waals surface area contributed by atoms with Crippen LogP contribution in [-0.2, 0) is 13.1 Å². The number of fused-ring (bicyclic) bond motifs is 1. The first-order valence-electron chi connectivity index (χ1n) is 18.2. The van der Waals surface area contributed by atoms with Crippen LogP contribution in [0, 0.1) is 0 Å². The molecular formula is C38H49N9O5. The van der Waals surface area contributed by atoms with E-state index in [1.165, 1.54) is 0 Å². The number of carbonyl (C=O) groups excluding carboxylic acids is 2. The first-order valence-corrected chi connectivity index (χ1v) is 18.2. The van der Waals surface area contributed by atoms with E-state index in [1.54, 1.807) is 36.7 Å². The summed E-state index contributed by atoms with van der Waals surface area (Å²) < 4.78 is 1.89. The number of carbonyl (C=O) groups is 2. The molecule has 4 aromatic rings. The van der Waals surface area contributed by atoms with E-state index in [1.807, 2.05) is 35.8 Å². The summed E-state index contributed by atoms with van der Waals surface area (Å²) in [5.41, 5.74) is 3.08. The highest BCUT2D eigenvalue weighted by atomic mass is 16.3. The quantitative estimate of drug-likeness (QED) is 0.121. The zero-order valence-electron chi connectivity index (χ0n) is 29.7. The fourth-order valence-electron chi connectivity index (χ4n) is 6.80. The Morgan fingerprint density at radius 2 is 1.54 bits per heavy atom. The maximum absolute atomic E-state index is 14.1. The lowest BCUT2D eigenvalue weighted by atomic mass is 10.1. The van der Waals surface area contributed by atoms with E-state index in [0.29, 0.717) is 80.3 Å². The maximum Gasteiger partial charge on any atom is 0.319 e. The number of rotatable bonds is 13. The molecule has 3 amide bonds. The van der Waals surface area contributed by atoms with Crippen molar-refractivity contribution in [1.29, 1.82) is 0 Å². The van der Waals surface area contributed by atoms with Crippen LogP contribution in [0.2, 0.25) is 0 Å². The number of aliphatic hydroxyl groups is 2. The summed E-state index contributed by atoms with van der Waals surface area (Å²) in [5, 5.41) is 32.2. The number of hydrogen-bond donors (Lipinski definition) is 6. The van der Waals surface area contributed by atoms with Gasteiger partial charge in [-0.05, 0) is 68.5 Å². The van der Waals surface area contributed by atoms with Gasteiger partial charge in [-0.1, -0.05) is 18.2 Å². The molecule has 3 aromatic heterocycles. The van der Waals surface area contributed by atoms with Crippen molar-refractivity contribution < 1.29 is 19.8 Å². The Morgan fingerprint density at radius 1 is 0.865 bits per heavy atom. The lowest BCUT2D eigenvalue weighted by molar-refractivity contribution is 0.0804. The van der Waals surface area contributed by atoms with Gasteiger partial charge in [-0.25, -0.2) is 9.78 Å². The Balaban J connectivity index is 1.22. The second kappa shape index (κ2) is 17.6. The molecular weight excluding hydrogens is 662 g/mol. The summed E-state index contributed by atoms with van der Waals surface area (Å²) in [7, 11) is 0. The molecule has 0 unspecified atom stereocenters. The average Bonchev–Trinajstić information content (AvgIpc) is 3.16. The summed E-state index contributed by atoms with van der Waals surface area (Å²) >= 11 is 0. The van der Waals surface area contributed by atoms with Gasteiger partial charge in [-0.2, -0.15) is 0 Å². The smallest absolute Gasteiger partial charge is 0.319 e. The van der Waals surface area contributed by atoms with Crippen molar-refractivity contribution in [3.05, 3.63) is 82.3 Å². The van der Waals surface area contributed by atoms with Crippen LogP contribution in [0.25, 0.3) is 22.3 Å². The monoisotopic (exact) mass is 711 g/mol. The molecule has 0 spiro atoms. The molecule has 52 heavy (non-hydrogen) atoms. The third-order valence-electron chi connectivity index (χ3n) is 9.82. The van der Waals surface area contributed by atoms with Crippen LogP contribution >= 0.6 is 0 Å². The van der Waals surface area contributed by atoms with E-state index in [0.717, 1.165) is 50.1 Å². The molecule has 0 bridgehead atoms. The molecule has 2 aliphatic rings. The zero-order chi connectivity index (χ0) is 36.5. The fraction of sp³-hybridized carbons (Fsp3) is 0.447. The molecule has 0 radical (unpaired) electrons. The van der Waals surface area contributed by atoms with Crippen molar-refractivity contribution in [2.75, 3.05) is 63.0 Å². The van der Waals surface area contributed by atoms with Gasteiger partial charge in [0.15, 0.2) is 0 Å². The molecule has 2 fully saturated rings. The summed E-state index contributed by atoms with van der Waals surface area (Å²) in [5.74, 6) is -0.0106. The highest BCUT2D eigenvalue weighted by molar-refractivity contribution is 6.02. The number of aliphatic hydroxyl groups excluding tert-OH is 2. The number of likely N-dealkylation sites (tertiary alicyclic amines) is 2. The molecule has 276 valence electrons. The van der Waals surface area contributed by atoms with E-state index in [4.69, 9.17) is 4.98 Å². The van der Waals surface area contributed by atoms with Crippen LogP contribution in [0.4, 0.5) is 16.3 Å². The fourth-order valence-corrected chi connectivity index (χ4v) is 6.80. The number of anilines is 2. The number of amides is 3. The van der Waals surface area contributed by atoms with Gasteiger partial charge in [-0.3, -0.25) is 14.6 Å². The van der Waals surface area contributed by atoms with Crippen molar-refractivity contribution >= 4 is 34.5 Å². The minimum absolute atomic E-state index is 0.0595. The SMILES string of the molecule is CCn1c(NCCN2CCC(O)CC2)c(C(=O)NCCN2CCC(O)CC2)c(=O)c2ccc(-c3ccc(NC(=O)NCc4cccnc4)cc3)nc21. The Hall–Kier alpha value is -4.89. The molecule has 0 aliphatic carbocycles. The predicted molar refractivity (Wildman–Crippen MR) is 201 cm³/mol. The van der Waals surface area contributed by atoms with Gasteiger partial charge >= 0.3 is 6.03 Å². The number of piperidine rings is 2. The second-order valence-electron chi connectivity index (χ2n) is 13.4. The van der Waals surface area contributed by atoms with Crippen molar-refractivity contribution in [3.63, 3.8) is 0 Å². The molecule has 2 saturated heterocycles. The van der Waals surface area contributed by atoms with Gasteiger partial charge in [0.2, 0.25) is 5.43 Å². The highest BCUT2D eigenvalue weighted by Crippen LogP contribution is 2.25. The van der Waals surface area contributed by atoms with E-state index < -0.39 is 11.3 Å². The molecule has 2 aliphatic heterocycles. The van der Waals surface area contributed by atoms with Gasteiger partial charge in [-0.15, -0.1) is 0 Å². The maximum atomic E-state index is 14.1. The van der Waals surface area contributed by atoms with Gasteiger partial charge < -0.3 is 45.8 Å². The topological polar surface area (TPSA) is 177 Å². The van der Waals surface area contributed by atoms with Crippen LogP contribution in [0.5, 0.6) is 0 Å². The van der Waals surface area contributed by atoms with Crippen LogP contribution in [0.1, 0.15) is 48.5 Å². The van der Waals surface area contributed by atoms with Gasteiger partial charge in [0, 0.05) is 89.1 Å². The Morgan fingerprint density at radius 3 is 2.17 bits per heavy atom. The van der Waals surface area contributed by atoms with Crippen molar-refractivity contribution in [1.82, 2.24) is 35.0 Å². The number of urea groups is 1. The van der Waals surface area contributed by atoms with Crippen LogP contribution < -0.4 is 26.7 Å². The number of aryl methyl sites for hydroxylation is 1. The predicted octanol–water partition coefficient (Wildman–Crippen LogP) is 2.86. The Bertz CT molecular complexity index is 1870. The molecule has 0 saturated carbocycles. The van der Waals surface area contributed by atoms with Gasteiger partial charge in [0.05, 0.1) is 23.3 Å². The van der Waals surface area contributed by atoms with Crippen LogP contribution in [-0.4, -0.2) is 111 Å². The molecule has 0 atom stereocenters. The Kier molecular flexibility index (Phi) is 12.5. The molecule has 6 N–H and O–H groups in total. The van der Waals surface area contributed by atoms with E-state index in [-0.39, 0.29) is 23.8 Å². The number of nitrogens with zero attached hydrogens (tertiary/aromatic N) is 5. The van der Waals surface area contributed by atoms with E-state index in [2.05, 4.69) is 36.1 Å². The van der Waals surface area contributed by atoms with Gasteiger partial charge in [0.1, 0.15) is 17.0 Å². The summed E-state index contributed by atoms with van der Waals surface area (Å²) in [6.07, 6.45) is 5.72. The summed E-state index contributed by atoms with van der Waals surface area (Å²) in [4.78, 5) is 53.9. The number of pyridine rings is 3.